The molecular formula is C24H26N4O2S. The average Bonchev–Trinajstić information content (AvgIpc) is 3.31. The van der Waals surface area contributed by atoms with Crippen molar-refractivity contribution in [1.29, 1.82) is 0 Å². The molecule has 3 heterocycles. The highest BCUT2D eigenvalue weighted by Crippen LogP contribution is 2.31. The molecule has 1 N–H and O–H groups in total. The Balaban J connectivity index is 1.33. The van der Waals surface area contributed by atoms with Crippen molar-refractivity contribution < 1.29 is 9.53 Å². The third-order valence-corrected chi connectivity index (χ3v) is 6.85. The normalized spacial score (nSPS) is 15.0. The van der Waals surface area contributed by atoms with Crippen LogP contribution in [0.3, 0.4) is 0 Å². The molecule has 0 atom stereocenters. The zero-order valence-electron chi connectivity index (χ0n) is 17.9. The Labute approximate surface area is 185 Å². The summed E-state index contributed by atoms with van der Waals surface area (Å²) in [5.41, 5.74) is 6.39. The number of hydrogen-bond acceptors (Lipinski definition) is 5. The highest BCUT2D eigenvalue weighted by atomic mass is 32.1. The van der Waals surface area contributed by atoms with Gasteiger partial charge in [0.2, 0.25) is 0 Å². The molecule has 31 heavy (non-hydrogen) atoms. The summed E-state index contributed by atoms with van der Waals surface area (Å²) in [5.74, 6) is -0.0304. The van der Waals surface area contributed by atoms with E-state index in [1.54, 1.807) is 11.3 Å². The number of rotatable bonds is 5. The van der Waals surface area contributed by atoms with Crippen molar-refractivity contribution in [2.24, 2.45) is 0 Å². The van der Waals surface area contributed by atoms with Crippen LogP contribution in [0.5, 0.6) is 0 Å². The lowest BCUT2D eigenvalue weighted by atomic mass is 10.0. The topological polar surface area (TPSA) is 58.9 Å². The maximum Gasteiger partial charge on any atom is 0.251 e. The van der Waals surface area contributed by atoms with Crippen molar-refractivity contribution in [2.75, 3.05) is 39.4 Å². The fourth-order valence-electron chi connectivity index (χ4n) is 4.13. The Morgan fingerprint density at radius 3 is 2.81 bits per heavy atom. The number of nitrogens with zero attached hydrogens (tertiary/aromatic N) is 3. The number of imidazole rings is 1. The Bertz CT molecular complexity index is 1250. The van der Waals surface area contributed by atoms with Gasteiger partial charge in [0.25, 0.3) is 5.91 Å². The molecule has 1 amide bonds. The summed E-state index contributed by atoms with van der Waals surface area (Å²) in [6, 6.07) is 12.3. The van der Waals surface area contributed by atoms with Crippen molar-refractivity contribution in [3.63, 3.8) is 0 Å². The zero-order valence-corrected chi connectivity index (χ0v) is 18.7. The highest BCUT2D eigenvalue weighted by molar-refractivity contribution is 7.23. The van der Waals surface area contributed by atoms with Crippen LogP contribution < -0.4 is 5.32 Å². The van der Waals surface area contributed by atoms with Crippen molar-refractivity contribution in [3.8, 4) is 11.3 Å². The molecule has 0 unspecified atom stereocenters. The van der Waals surface area contributed by atoms with E-state index in [9.17, 15) is 4.79 Å². The quantitative estimate of drug-likeness (QED) is 0.518. The fourth-order valence-corrected chi connectivity index (χ4v) is 5.17. The lowest BCUT2D eigenvalue weighted by molar-refractivity contribution is 0.0383. The molecule has 6 nitrogen and oxygen atoms in total. The number of carbonyl (C=O) groups excluding carboxylic acids is 1. The average molecular weight is 435 g/mol. The van der Waals surface area contributed by atoms with E-state index in [1.165, 1.54) is 11.1 Å². The van der Waals surface area contributed by atoms with Crippen molar-refractivity contribution in [2.45, 2.75) is 13.8 Å². The lowest BCUT2D eigenvalue weighted by Gasteiger charge is -2.26. The molecule has 0 radical (unpaired) electrons. The largest absolute Gasteiger partial charge is 0.379 e. The molecule has 0 bridgehead atoms. The van der Waals surface area contributed by atoms with E-state index in [0.717, 1.165) is 59.3 Å². The Hall–Kier alpha value is -2.74. The molecule has 5 rings (SSSR count). The Morgan fingerprint density at radius 1 is 1.16 bits per heavy atom. The van der Waals surface area contributed by atoms with Gasteiger partial charge in [-0.05, 0) is 37.6 Å². The standard InChI is InChI=1S/C24H26N4O2S/c1-16-3-5-19(17(2)13-16)20-15-28-21-6-4-18(14-22(21)31-24(28)26-20)23(29)25-7-8-27-9-11-30-12-10-27/h3-6,13-15H,7-12H2,1-2H3,(H,25,29). The van der Waals surface area contributed by atoms with Crippen LogP contribution in [0.15, 0.2) is 42.6 Å². The van der Waals surface area contributed by atoms with E-state index in [4.69, 9.17) is 9.72 Å². The van der Waals surface area contributed by atoms with E-state index in [0.29, 0.717) is 12.1 Å². The Morgan fingerprint density at radius 2 is 2.00 bits per heavy atom. The van der Waals surface area contributed by atoms with Crippen LogP contribution in [0, 0.1) is 13.8 Å². The number of nitrogens with one attached hydrogen (secondary N) is 1. The van der Waals surface area contributed by atoms with Gasteiger partial charge in [-0.3, -0.25) is 14.1 Å². The minimum Gasteiger partial charge on any atom is -0.379 e. The summed E-state index contributed by atoms with van der Waals surface area (Å²) in [6.45, 7) is 9.13. The molecule has 1 fully saturated rings. The van der Waals surface area contributed by atoms with Crippen molar-refractivity contribution in [3.05, 3.63) is 59.3 Å². The fraction of sp³-hybridized carbons (Fsp3) is 0.333. The van der Waals surface area contributed by atoms with Gasteiger partial charge < -0.3 is 10.1 Å². The number of carbonyl (C=O) groups is 1. The SMILES string of the molecule is Cc1ccc(-c2cn3c(n2)sc2cc(C(=O)NCCN4CCOCC4)ccc23)c(C)c1. The van der Waals surface area contributed by atoms with Crippen LogP contribution in [0.1, 0.15) is 21.5 Å². The molecular weight excluding hydrogens is 408 g/mol. The van der Waals surface area contributed by atoms with Crippen LogP contribution in [0.25, 0.3) is 26.4 Å². The van der Waals surface area contributed by atoms with Gasteiger partial charge in [-0.25, -0.2) is 4.98 Å². The number of morpholine rings is 1. The van der Waals surface area contributed by atoms with Crippen LogP contribution in [0.4, 0.5) is 0 Å². The first-order valence-electron chi connectivity index (χ1n) is 10.7. The number of thiazole rings is 1. The Kier molecular flexibility index (Phi) is 5.48. The molecule has 4 aromatic rings. The zero-order chi connectivity index (χ0) is 21.4. The maximum absolute atomic E-state index is 12.6. The second kappa shape index (κ2) is 8.42. The summed E-state index contributed by atoms with van der Waals surface area (Å²) in [6.07, 6.45) is 2.09. The number of aryl methyl sites for hydroxylation is 2. The summed E-state index contributed by atoms with van der Waals surface area (Å²) in [7, 11) is 0. The number of hydrogen-bond donors (Lipinski definition) is 1. The first kappa shape index (κ1) is 20.2. The van der Waals surface area contributed by atoms with E-state index in [-0.39, 0.29) is 5.91 Å². The van der Waals surface area contributed by atoms with E-state index >= 15 is 0 Å². The minimum absolute atomic E-state index is 0.0304. The second-order valence-corrected chi connectivity index (χ2v) is 9.10. The lowest BCUT2D eigenvalue weighted by Crippen LogP contribution is -2.41. The third kappa shape index (κ3) is 4.08. The summed E-state index contributed by atoms with van der Waals surface area (Å²) in [5, 5.41) is 3.04. The molecule has 2 aromatic heterocycles. The van der Waals surface area contributed by atoms with Gasteiger partial charge in [0.15, 0.2) is 4.96 Å². The summed E-state index contributed by atoms with van der Waals surface area (Å²) in [4.78, 5) is 20.7. The van der Waals surface area contributed by atoms with Crippen molar-refractivity contribution in [1.82, 2.24) is 19.6 Å². The second-order valence-electron chi connectivity index (χ2n) is 8.09. The molecule has 2 aromatic carbocycles. The molecule has 160 valence electrons. The summed E-state index contributed by atoms with van der Waals surface area (Å²) >= 11 is 1.61. The predicted molar refractivity (Wildman–Crippen MR) is 125 cm³/mol. The predicted octanol–water partition coefficient (Wildman–Crippen LogP) is 3.89. The van der Waals surface area contributed by atoms with E-state index in [2.05, 4.69) is 52.9 Å². The van der Waals surface area contributed by atoms with E-state index in [1.807, 2.05) is 18.2 Å². The van der Waals surface area contributed by atoms with Gasteiger partial charge in [-0.15, -0.1) is 0 Å². The number of amides is 1. The smallest absolute Gasteiger partial charge is 0.251 e. The third-order valence-electron chi connectivity index (χ3n) is 5.83. The molecule has 1 aliphatic heterocycles. The van der Waals surface area contributed by atoms with Gasteiger partial charge in [0.1, 0.15) is 0 Å². The molecule has 0 spiro atoms. The number of benzene rings is 2. The first-order valence-corrected chi connectivity index (χ1v) is 11.5. The molecule has 0 saturated carbocycles. The minimum atomic E-state index is -0.0304. The van der Waals surface area contributed by atoms with Crippen LogP contribution in [0.2, 0.25) is 0 Å². The van der Waals surface area contributed by atoms with Gasteiger partial charge in [0.05, 0.1) is 29.1 Å². The van der Waals surface area contributed by atoms with Crippen LogP contribution >= 0.6 is 11.3 Å². The molecule has 7 heteroatoms. The number of ether oxygens (including phenoxy) is 1. The highest BCUT2D eigenvalue weighted by Gasteiger charge is 2.15. The first-order chi connectivity index (χ1) is 15.1. The van der Waals surface area contributed by atoms with Gasteiger partial charge in [-0.1, -0.05) is 35.1 Å². The van der Waals surface area contributed by atoms with Crippen molar-refractivity contribution >= 4 is 32.4 Å². The van der Waals surface area contributed by atoms with E-state index < -0.39 is 0 Å². The van der Waals surface area contributed by atoms with Gasteiger partial charge in [0, 0.05) is 43.5 Å². The molecule has 0 aliphatic carbocycles. The van der Waals surface area contributed by atoms with Gasteiger partial charge >= 0.3 is 0 Å². The number of aromatic nitrogens is 2. The maximum atomic E-state index is 12.6. The van der Waals surface area contributed by atoms with Crippen LogP contribution in [-0.4, -0.2) is 59.6 Å². The van der Waals surface area contributed by atoms with Crippen LogP contribution in [-0.2, 0) is 4.74 Å². The summed E-state index contributed by atoms with van der Waals surface area (Å²) < 4.78 is 8.55. The molecule has 1 aliphatic rings. The molecule has 1 saturated heterocycles. The monoisotopic (exact) mass is 434 g/mol. The van der Waals surface area contributed by atoms with Gasteiger partial charge in [-0.2, -0.15) is 0 Å². The number of fused-ring (bicyclic) bond motifs is 3.